The molecule has 0 bridgehead atoms. The molecule has 1 fully saturated rings. The number of benzene rings is 4. The second-order valence-electron chi connectivity index (χ2n) is 12.0. The first-order valence-corrected chi connectivity index (χ1v) is 18.0. The zero-order chi connectivity index (χ0) is 34.7. The Balaban J connectivity index is 1.29. The maximum absolute atomic E-state index is 14.1. The highest BCUT2D eigenvalue weighted by molar-refractivity contribution is 7.89. The van der Waals surface area contributed by atoms with Crippen molar-refractivity contribution in [3.8, 4) is 16.9 Å². The second-order valence-corrected chi connectivity index (χ2v) is 13.9. The predicted molar refractivity (Wildman–Crippen MR) is 192 cm³/mol. The van der Waals surface area contributed by atoms with E-state index in [0.717, 1.165) is 11.3 Å². The van der Waals surface area contributed by atoms with Gasteiger partial charge in [0.15, 0.2) is 0 Å². The van der Waals surface area contributed by atoms with Gasteiger partial charge in [0.1, 0.15) is 11.4 Å². The minimum atomic E-state index is -3.87. The number of hydrogen-bond donors (Lipinski definition) is 0. The average molecular weight is 686 g/mol. The minimum absolute atomic E-state index is 0.121. The Morgan fingerprint density at radius 1 is 0.840 bits per heavy atom. The minimum Gasteiger partial charge on any atom is -0.466 e. The first-order valence-electron chi connectivity index (χ1n) is 16.5. The monoisotopic (exact) mass is 685 g/mol. The summed E-state index contributed by atoms with van der Waals surface area (Å²) in [5.74, 6) is -0.892. The van der Waals surface area contributed by atoms with Gasteiger partial charge >= 0.3 is 5.97 Å². The third-order valence-electron chi connectivity index (χ3n) is 8.81. The maximum atomic E-state index is 14.1. The van der Waals surface area contributed by atoms with E-state index in [9.17, 15) is 18.0 Å². The van der Waals surface area contributed by atoms with Gasteiger partial charge in [-0.3, -0.25) is 9.59 Å². The van der Waals surface area contributed by atoms with Gasteiger partial charge in [0.05, 0.1) is 34.4 Å². The van der Waals surface area contributed by atoms with Crippen LogP contribution in [0.1, 0.15) is 30.9 Å². The lowest BCUT2D eigenvalue weighted by Crippen LogP contribution is -2.40. The summed E-state index contributed by atoms with van der Waals surface area (Å²) in [6, 6.07) is 35.0. The normalized spacial score (nSPS) is 16.5. The van der Waals surface area contributed by atoms with Crippen molar-refractivity contribution < 1.29 is 22.7 Å². The third kappa shape index (κ3) is 6.52. The maximum Gasteiger partial charge on any atom is 0.309 e. The van der Waals surface area contributed by atoms with E-state index >= 15 is 0 Å². The number of ether oxygens (including phenoxy) is 1. The molecule has 0 atom stereocenters. The second kappa shape index (κ2) is 14.1. The summed E-state index contributed by atoms with van der Waals surface area (Å²) in [5, 5.41) is 11.1. The molecule has 3 heterocycles. The van der Waals surface area contributed by atoms with E-state index in [2.05, 4.69) is 0 Å². The van der Waals surface area contributed by atoms with E-state index in [4.69, 9.17) is 14.9 Å². The molecule has 10 nitrogen and oxygen atoms in total. The molecule has 0 N–H and O–H groups in total. The van der Waals surface area contributed by atoms with Gasteiger partial charge in [-0.1, -0.05) is 78.9 Å². The molecule has 50 heavy (non-hydrogen) atoms. The molecule has 7 rings (SSSR count). The Morgan fingerprint density at radius 3 is 2.12 bits per heavy atom. The van der Waals surface area contributed by atoms with Crippen LogP contribution in [0, 0.1) is 5.92 Å². The van der Waals surface area contributed by atoms with Crippen molar-refractivity contribution in [3.63, 3.8) is 0 Å². The number of esters is 1. The van der Waals surface area contributed by atoms with Crippen LogP contribution in [0.2, 0.25) is 0 Å². The fourth-order valence-corrected chi connectivity index (χ4v) is 7.74. The van der Waals surface area contributed by atoms with E-state index in [1.165, 1.54) is 9.31 Å². The Hall–Kier alpha value is -5.65. The van der Waals surface area contributed by atoms with E-state index in [0.29, 0.717) is 53.2 Å². The number of carbonyl (C=O) groups excluding carboxylic acids is 2. The van der Waals surface area contributed by atoms with Gasteiger partial charge in [0.2, 0.25) is 10.0 Å². The first-order chi connectivity index (χ1) is 24.3. The lowest BCUT2D eigenvalue weighted by atomic mass is 9.98. The third-order valence-corrected chi connectivity index (χ3v) is 10.7. The molecule has 1 saturated heterocycles. The molecular formula is C39H35N5O5S. The van der Waals surface area contributed by atoms with Crippen molar-refractivity contribution in [2.75, 3.05) is 24.7 Å². The largest absolute Gasteiger partial charge is 0.466 e. The summed E-state index contributed by atoms with van der Waals surface area (Å²) in [4.78, 5) is 26.5. The van der Waals surface area contributed by atoms with Gasteiger partial charge in [0.25, 0.3) is 5.91 Å². The number of hydrogen-bond acceptors (Lipinski definition) is 7. The Morgan fingerprint density at radius 2 is 1.46 bits per heavy atom. The van der Waals surface area contributed by atoms with Gasteiger partial charge < -0.3 is 4.74 Å². The van der Waals surface area contributed by atoms with Crippen molar-refractivity contribution in [1.82, 2.24) is 14.1 Å². The highest BCUT2D eigenvalue weighted by atomic mass is 32.2. The zero-order valence-electron chi connectivity index (χ0n) is 27.4. The number of hydrazone groups is 1. The Bertz CT molecular complexity index is 2190. The molecule has 1 amide bonds. The lowest BCUT2D eigenvalue weighted by Gasteiger charge is -2.30. The summed E-state index contributed by atoms with van der Waals surface area (Å²) in [7, 11) is -3.87. The van der Waals surface area contributed by atoms with Crippen LogP contribution in [0.4, 0.5) is 5.69 Å². The highest BCUT2D eigenvalue weighted by Gasteiger charge is 2.34. The standard InChI is InChI=1S/C39H35N5O5S/c1-2-49-39(46)29-21-23-42(24-22-29)50(47,48)34-20-12-15-30(25-34)36-31(27-43(40-36)32-16-8-4-9-17-32)26-35-37(28-13-6-3-7-14-28)41-44(38(35)45)33-18-10-5-11-19-33/h3-20,25-27,29H,2,21-24H2,1H3/b35-26-. The molecule has 2 aliphatic rings. The van der Waals surface area contributed by atoms with Crippen molar-refractivity contribution in [2.45, 2.75) is 24.7 Å². The van der Waals surface area contributed by atoms with Crippen LogP contribution in [-0.2, 0) is 24.3 Å². The number of piperidine rings is 1. The predicted octanol–water partition coefficient (Wildman–Crippen LogP) is 6.34. The summed E-state index contributed by atoms with van der Waals surface area (Å²) < 4.78 is 36.1. The van der Waals surface area contributed by atoms with Crippen LogP contribution < -0.4 is 5.01 Å². The Kier molecular flexibility index (Phi) is 9.25. The first kappa shape index (κ1) is 32.9. The number of carbonyl (C=O) groups is 2. The van der Waals surface area contributed by atoms with Crippen LogP contribution in [0.5, 0.6) is 0 Å². The van der Waals surface area contributed by atoms with Gasteiger partial charge in [-0.25, -0.2) is 13.1 Å². The SMILES string of the molecule is CCOC(=O)C1CCN(S(=O)(=O)c2cccc(-c3nn(-c4ccccc4)cc3/C=C3\C(=O)N(c4ccccc4)N=C3c3ccccc3)c2)CC1. The summed E-state index contributed by atoms with van der Waals surface area (Å²) >= 11 is 0. The Labute approximate surface area is 291 Å². The summed E-state index contributed by atoms with van der Waals surface area (Å²) in [6.45, 7) is 2.49. The van der Waals surface area contributed by atoms with Crippen LogP contribution in [0.15, 0.2) is 137 Å². The van der Waals surface area contributed by atoms with Gasteiger partial charge in [-0.15, -0.1) is 0 Å². The van der Waals surface area contributed by atoms with E-state index < -0.39 is 10.0 Å². The van der Waals surface area contributed by atoms with Crippen LogP contribution >= 0.6 is 0 Å². The van der Waals surface area contributed by atoms with Crippen LogP contribution in [0.3, 0.4) is 0 Å². The molecule has 11 heteroatoms. The fraction of sp³-hybridized carbons (Fsp3) is 0.179. The van der Waals surface area contributed by atoms with E-state index in [-0.39, 0.29) is 35.8 Å². The number of para-hydroxylation sites is 2. The topological polar surface area (TPSA) is 114 Å². The fourth-order valence-electron chi connectivity index (χ4n) is 6.23. The molecule has 5 aromatic rings. The van der Waals surface area contributed by atoms with Crippen molar-refractivity contribution in [2.24, 2.45) is 11.0 Å². The van der Waals surface area contributed by atoms with Gasteiger partial charge in [-0.2, -0.15) is 19.5 Å². The number of aromatic nitrogens is 2. The molecule has 0 aliphatic carbocycles. The average Bonchev–Trinajstić information content (AvgIpc) is 3.74. The number of rotatable bonds is 9. The molecule has 252 valence electrons. The molecule has 0 unspecified atom stereocenters. The number of sulfonamides is 1. The van der Waals surface area contributed by atoms with E-state index in [1.807, 2.05) is 103 Å². The molecule has 1 aromatic heterocycles. The lowest BCUT2D eigenvalue weighted by molar-refractivity contribution is -0.149. The van der Waals surface area contributed by atoms with Crippen molar-refractivity contribution in [1.29, 1.82) is 0 Å². The number of nitrogens with zero attached hydrogens (tertiary/aromatic N) is 5. The van der Waals surface area contributed by atoms with Crippen LogP contribution in [0.25, 0.3) is 23.0 Å². The smallest absolute Gasteiger partial charge is 0.309 e. The molecular weight excluding hydrogens is 651 g/mol. The molecule has 0 saturated carbocycles. The van der Waals surface area contributed by atoms with Crippen molar-refractivity contribution >= 4 is 39.4 Å². The molecule has 4 aromatic carbocycles. The highest BCUT2D eigenvalue weighted by Crippen LogP contribution is 2.33. The number of anilines is 1. The summed E-state index contributed by atoms with van der Waals surface area (Å²) in [6.07, 6.45) is 4.41. The summed E-state index contributed by atoms with van der Waals surface area (Å²) in [5.41, 5.74) is 4.78. The molecule has 0 spiro atoms. The van der Waals surface area contributed by atoms with Gasteiger partial charge in [-0.05, 0) is 62.2 Å². The van der Waals surface area contributed by atoms with E-state index in [1.54, 1.807) is 35.9 Å². The zero-order valence-corrected chi connectivity index (χ0v) is 28.2. The quantitative estimate of drug-likeness (QED) is 0.132. The van der Waals surface area contributed by atoms with Crippen LogP contribution in [-0.4, -0.2) is 59.8 Å². The number of amides is 1. The molecule has 0 radical (unpaired) electrons. The molecule has 2 aliphatic heterocycles. The van der Waals surface area contributed by atoms with Gasteiger partial charge in [0, 0.05) is 36.0 Å². The van der Waals surface area contributed by atoms with Crippen molar-refractivity contribution in [3.05, 3.63) is 138 Å².